The highest BCUT2D eigenvalue weighted by Gasteiger charge is 2.26. The van der Waals surface area contributed by atoms with E-state index >= 15 is 0 Å². The molecule has 0 aliphatic carbocycles. The molecule has 154 valence electrons. The van der Waals surface area contributed by atoms with Gasteiger partial charge in [0.25, 0.3) is 5.91 Å². The predicted octanol–water partition coefficient (Wildman–Crippen LogP) is 2.21. The number of carbonyl (C=O) groups is 3. The first-order valence-electron chi connectivity index (χ1n) is 9.33. The van der Waals surface area contributed by atoms with Gasteiger partial charge in [0.1, 0.15) is 11.4 Å². The third-order valence-electron chi connectivity index (χ3n) is 4.11. The van der Waals surface area contributed by atoms with Crippen molar-refractivity contribution in [2.45, 2.75) is 51.7 Å². The number of carboxylic acids is 1. The first-order chi connectivity index (χ1) is 13.1. The topological polar surface area (TPSA) is 105 Å². The molecular weight excluding hydrogens is 364 g/mol. The van der Waals surface area contributed by atoms with Gasteiger partial charge in [0.15, 0.2) is 6.61 Å². The summed E-state index contributed by atoms with van der Waals surface area (Å²) in [5.74, 6) is -0.656. The Balaban J connectivity index is 1.83. The van der Waals surface area contributed by atoms with Gasteiger partial charge in [-0.2, -0.15) is 0 Å². The number of rotatable bonds is 6. The van der Waals surface area contributed by atoms with E-state index in [0.29, 0.717) is 24.4 Å². The van der Waals surface area contributed by atoms with Crippen LogP contribution in [0.15, 0.2) is 24.3 Å². The molecule has 1 aliphatic heterocycles. The lowest BCUT2D eigenvalue weighted by Gasteiger charge is -2.33. The third kappa shape index (κ3) is 7.46. The fourth-order valence-corrected chi connectivity index (χ4v) is 2.95. The zero-order chi connectivity index (χ0) is 20.7. The summed E-state index contributed by atoms with van der Waals surface area (Å²) in [6.07, 6.45) is 0.967. The van der Waals surface area contributed by atoms with Crippen LogP contribution >= 0.6 is 0 Å². The Morgan fingerprint density at radius 3 is 2.71 bits per heavy atom. The minimum Gasteiger partial charge on any atom is -0.484 e. The molecule has 1 aromatic carbocycles. The molecular formula is C20H28N2O6. The Bertz CT molecular complexity index is 713. The van der Waals surface area contributed by atoms with Gasteiger partial charge < -0.3 is 24.8 Å². The number of carbonyl (C=O) groups excluding carboxylic acids is 2. The van der Waals surface area contributed by atoms with E-state index in [2.05, 4.69) is 5.32 Å². The van der Waals surface area contributed by atoms with Crippen LogP contribution in [0.4, 0.5) is 4.79 Å². The molecule has 1 fully saturated rings. The van der Waals surface area contributed by atoms with Gasteiger partial charge >= 0.3 is 12.1 Å². The van der Waals surface area contributed by atoms with Crippen molar-refractivity contribution >= 4 is 18.0 Å². The number of alkyl carbamates (subject to hydrolysis) is 1. The summed E-state index contributed by atoms with van der Waals surface area (Å²) in [6, 6.07) is 6.53. The molecule has 1 aromatic rings. The van der Waals surface area contributed by atoms with E-state index in [1.165, 1.54) is 0 Å². The normalized spacial score (nSPS) is 17.0. The molecule has 1 saturated heterocycles. The van der Waals surface area contributed by atoms with Crippen molar-refractivity contribution in [2.24, 2.45) is 0 Å². The number of amides is 2. The molecule has 0 bridgehead atoms. The fraction of sp³-hybridized carbons (Fsp3) is 0.550. The monoisotopic (exact) mass is 392 g/mol. The molecule has 1 heterocycles. The Labute approximate surface area is 164 Å². The summed E-state index contributed by atoms with van der Waals surface area (Å²) < 4.78 is 10.8. The van der Waals surface area contributed by atoms with E-state index in [9.17, 15) is 14.4 Å². The smallest absolute Gasteiger partial charge is 0.407 e. The quantitative estimate of drug-likeness (QED) is 0.769. The van der Waals surface area contributed by atoms with Gasteiger partial charge in [-0.1, -0.05) is 12.1 Å². The van der Waals surface area contributed by atoms with Crippen molar-refractivity contribution in [3.8, 4) is 5.75 Å². The van der Waals surface area contributed by atoms with Gasteiger partial charge in [0, 0.05) is 19.1 Å². The third-order valence-corrected chi connectivity index (χ3v) is 4.11. The van der Waals surface area contributed by atoms with Gasteiger partial charge in [-0.15, -0.1) is 0 Å². The van der Waals surface area contributed by atoms with E-state index in [1.54, 1.807) is 49.9 Å². The highest BCUT2D eigenvalue weighted by atomic mass is 16.6. The second-order valence-corrected chi connectivity index (χ2v) is 7.83. The maximum Gasteiger partial charge on any atom is 0.407 e. The van der Waals surface area contributed by atoms with Crippen molar-refractivity contribution in [3.63, 3.8) is 0 Å². The molecule has 1 atom stereocenters. The van der Waals surface area contributed by atoms with Crippen LogP contribution in [0.1, 0.15) is 39.2 Å². The SMILES string of the molecule is CC(C)(C)OC(=O)N[C@@H]1CCCN(C(=O)COc2cccc(CC(=O)O)c2)C1. The van der Waals surface area contributed by atoms with E-state index in [4.69, 9.17) is 14.6 Å². The van der Waals surface area contributed by atoms with Gasteiger partial charge in [0.05, 0.1) is 6.42 Å². The Morgan fingerprint density at radius 2 is 2.04 bits per heavy atom. The molecule has 1 aliphatic rings. The molecule has 28 heavy (non-hydrogen) atoms. The minimum absolute atomic E-state index is 0.102. The van der Waals surface area contributed by atoms with Crippen LogP contribution in [0.2, 0.25) is 0 Å². The maximum absolute atomic E-state index is 12.5. The Morgan fingerprint density at radius 1 is 1.29 bits per heavy atom. The van der Waals surface area contributed by atoms with Gasteiger partial charge in [0.2, 0.25) is 0 Å². The summed E-state index contributed by atoms with van der Waals surface area (Å²) in [5, 5.41) is 11.7. The van der Waals surface area contributed by atoms with Crippen LogP contribution in [0, 0.1) is 0 Å². The first kappa shape index (κ1) is 21.5. The van der Waals surface area contributed by atoms with E-state index in [-0.39, 0.29) is 25.0 Å². The molecule has 8 heteroatoms. The number of aliphatic carboxylic acids is 1. The van der Waals surface area contributed by atoms with Crippen LogP contribution in [0.25, 0.3) is 0 Å². The Kier molecular flexibility index (Phi) is 7.25. The number of benzene rings is 1. The number of hydrogen-bond acceptors (Lipinski definition) is 5. The molecule has 0 spiro atoms. The van der Waals surface area contributed by atoms with Gasteiger partial charge in [-0.3, -0.25) is 9.59 Å². The lowest BCUT2D eigenvalue weighted by atomic mass is 10.1. The number of likely N-dealkylation sites (tertiary alicyclic amines) is 1. The number of carboxylic acid groups (broad SMARTS) is 1. The molecule has 2 rings (SSSR count). The molecule has 2 N–H and O–H groups in total. The lowest BCUT2D eigenvalue weighted by Crippen LogP contribution is -2.51. The molecule has 8 nitrogen and oxygen atoms in total. The fourth-order valence-electron chi connectivity index (χ4n) is 2.95. The van der Waals surface area contributed by atoms with E-state index in [1.807, 2.05) is 0 Å². The largest absolute Gasteiger partial charge is 0.484 e. The second kappa shape index (κ2) is 9.43. The number of hydrogen-bond donors (Lipinski definition) is 2. The first-order valence-corrected chi connectivity index (χ1v) is 9.33. The second-order valence-electron chi connectivity index (χ2n) is 7.83. The molecule has 0 saturated carbocycles. The maximum atomic E-state index is 12.5. The average Bonchev–Trinajstić information content (AvgIpc) is 2.58. The number of nitrogens with zero attached hydrogens (tertiary/aromatic N) is 1. The average molecular weight is 392 g/mol. The van der Waals surface area contributed by atoms with Crippen molar-refractivity contribution in [3.05, 3.63) is 29.8 Å². The van der Waals surface area contributed by atoms with Crippen molar-refractivity contribution < 1.29 is 29.0 Å². The zero-order valence-corrected chi connectivity index (χ0v) is 16.6. The molecule has 0 unspecified atom stereocenters. The van der Waals surface area contributed by atoms with Crippen molar-refractivity contribution in [2.75, 3.05) is 19.7 Å². The minimum atomic E-state index is -0.926. The predicted molar refractivity (Wildman–Crippen MR) is 102 cm³/mol. The highest BCUT2D eigenvalue weighted by Crippen LogP contribution is 2.16. The van der Waals surface area contributed by atoms with E-state index in [0.717, 1.165) is 12.8 Å². The van der Waals surface area contributed by atoms with Crippen LogP contribution in [0.5, 0.6) is 5.75 Å². The summed E-state index contributed by atoms with van der Waals surface area (Å²) in [5.41, 5.74) is 0.0362. The number of piperidine rings is 1. The van der Waals surface area contributed by atoms with Gasteiger partial charge in [-0.05, 0) is 51.3 Å². The number of nitrogens with one attached hydrogen (secondary N) is 1. The van der Waals surface area contributed by atoms with Gasteiger partial charge in [-0.25, -0.2) is 4.79 Å². The van der Waals surface area contributed by atoms with Crippen molar-refractivity contribution in [1.29, 1.82) is 0 Å². The summed E-state index contributed by atoms with van der Waals surface area (Å²) in [7, 11) is 0. The zero-order valence-electron chi connectivity index (χ0n) is 16.6. The summed E-state index contributed by atoms with van der Waals surface area (Å²) >= 11 is 0. The molecule has 0 radical (unpaired) electrons. The van der Waals surface area contributed by atoms with Crippen LogP contribution in [-0.2, 0) is 20.7 Å². The van der Waals surface area contributed by atoms with E-state index < -0.39 is 17.7 Å². The summed E-state index contributed by atoms with van der Waals surface area (Å²) in [4.78, 5) is 36.8. The van der Waals surface area contributed by atoms with Crippen LogP contribution in [0.3, 0.4) is 0 Å². The summed E-state index contributed by atoms with van der Waals surface area (Å²) in [6.45, 7) is 6.26. The number of ether oxygens (including phenoxy) is 2. The molecule has 2 amide bonds. The standard InChI is InChI=1S/C20H28N2O6/c1-20(2,3)28-19(26)21-15-7-5-9-22(12-15)17(23)13-27-16-8-4-6-14(10-16)11-18(24)25/h4,6,8,10,15H,5,7,9,11-13H2,1-3H3,(H,21,26)(H,24,25)/t15-/m1/s1. The lowest BCUT2D eigenvalue weighted by molar-refractivity contribution is -0.136. The van der Waals surface area contributed by atoms with Crippen LogP contribution in [-0.4, -0.2) is 59.3 Å². The molecule has 0 aromatic heterocycles. The van der Waals surface area contributed by atoms with Crippen LogP contribution < -0.4 is 10.1 Å². The Hall–Kier alpha value is -2.77. The van der Waals surface area contributed by atoms with Crippen molar-refractivity contribution in [1.82, 2.24) is 10.2 Å². The highest BCUT2D eigenvalue weighted by molar-refractivity contribution is 5.78.